The zero-order valence-corrected chi connectivity index (χ0v) is 17.6. The second-order valence-corrected chi connectivity index (χ2v) is 8.43. The fraction of sp³-hybridized carbons (Fsp3) is 0.318. The Bertz CT molecular complexity index is 1080. The number of fused-ring (bicyclic) bond motifs is 2. The standard InChI is InChI=1S/C22H24N4O2S/c1-15-12-16-8-4-6-10-18(16)26(15)20(27)13-25-19-11-7-5-9-17(19)23-22(25)29-14-21(28)24(2)3/h4-11,15H,12-14H2,1-3H3/t15-/m1/s1. The normalized spacial score (nSPS) is 15.6. The fourth-order valence-electron chi connectivity index (χ4n) is 3.73. The molecule has 0 bridgehead atoms. The number of carbonyl (C=O) groups is 2. The highest BCUT2D eigenvalue weighted by Crippen LogP contribution is 2.33. The van der Waals surface area contributed by atoms with Crippen molar-refractivity contribution < 1.29 is 9.59 Å². The summed E-state index contributed by atoms with van der Waals surface area (Å²) >= 11 is 1.37. The van der Waals surface area contributed by atoms with E-state index in [1.165, 1.54) is 17.3 Å². The van der Waals surface area contributed by atoms with Crippen LogP contribution in [0.2, 0.25) is 0 Å². The van der Waals surface area contributed by atoms with Crippen LogP contribution in [0.25, 0.3) is 11.0 Å². The van der Waals surface area contributed by atoms with E-state index in [0.29, 0.717) is 5.16 Å². The van der Waals surface area contributed by atoms with Gasteiger partial charge >= 0.3 is 0 Å². The molecular formula is C22H24N4O2S. The molecule has 2 aromatic carbocycles. The number of amides is 2. The summed E-state index contributed by atoms with van der Waals surface area (Å²) in [5, 5.41) is 0.690. The molecule has 6 nitrogen and oxygen atoms in total. The van der Waals surface area contributed by atoms with Crippen molar-refractivity contribution in [3.63, 3.8) is 0 Å². The molecule has 0 spiro atoms. The molecule has 0 aliphatic carbocycles. The highest BCUT2D eigenvalue weighted by molar-refractivity contribution is 7.99. The van der Waals surface area contributed by atoms with Gasteiger partial charge in [0.2, 0.25) is 11.8 Å². The van der Waals surface area contributed by atoms with E-state index in [0.717, 1.165) is 23.1 Å². The molecule has 4 rings (SSSR count). The number of benzene rings is 2. The van der Waals surface area contributed by atoms with Crippen molar-refractivity contribution in [2.75, 3.05) is 24.7 Å². The fourth-order valence-corrected chi connectivity index (χ4v) is 4.72. The van der Waals surface area contributed by atoms with Crippen molar-refractivity contribution in [1.29, 1.82) is 0 Å². The molecule has 0 saturated heterocycles. The van der Waals surface area contributed by atoms with Crippen molar-refractivity contribution in [2.24, 2.45) is 0 Å². The van der Waals surface area contributed by atoms with Crippen LogP contribution in [0.3, 0.4) is 0 Å². The summed E-state index contributed by atoms with van der Waals surface area (Å²) in [6, 6.07) is 16.0. The first-order valence-electron chi connectivity index (χ1n) is 9.64. The molecule has 2 amide bonds. The van der Waals surface area contributed by atoms with Gasteiger partial charge in [0.05, 0.1) is 16.8 Å². The lowest BCUT2D eigenvalue weighted by molar-refractivity contribution is -0.125. The van der Waals surface area contributed by atoms with E-state index in [2.05, 4.69) is 18.0 Å². The minimum atomic E-state index is 0.0158. The van der Waals surface area contributed by atoms with Crippen molar-refractivity contribution >= 4 is 40.3 Å². The average molecular weight is 409 g/mol. The van der Waals surface area contributed by atoms with Gasteiger partial charge in [-0.3, -0.25) is 9.59 Å². The maximum atomic E-state index is 13.3. The van der Waals surface area contributed by atoms with E-state index in [1.807, 2.05) is 51.9 Å². The molecule has 150 valence electrons. The molecule has 0 N–H and O–H groups in total. The van der Waals surface area contributed by atoms with Crippen molar-refractivity contribution in [3.8, 4) is 0 Å². The summed E-state index contributed by atoms with van der Waals surface area (Å²) < 4.78 is 1.93. The van der Waals surface area contributed by atoms with E-state index < -0.39 is 0 Å². The lowest BCUT2D eigenvalue weighted by atomic mass is 10.1. The van der Waals surface area contributed by atoms with Crippen LogP contribution < -0.4 is 4.90 Å². The third-order valence-electron chi connectivity index (χ3n) is 5.21. The van der Waals surface area contributed by atoms with E-state index in [4.69, 9.17) is 0 Å². The Kier molecular flexibility index (Phi) is 5.32. The number of para-hydroxylation sites is 3. The monoisotopic (exact) mass is 408 g/mol. The lowest BCUT2D eigenvalue weighted by Gasteiger charge is -2.23. The summed E-state index contributed by atoms with van der Waals surface area (Å²) in [6.45, 7) is 2.27. The summed E-state index contributed by atoms with van der Waals surface area (Å²) in [5.41, 5.74) is 3.93. The van der Waals surface area contributed by atoms with Gasteiger partial charge in [-0.05, 0) is 37.1 Å². The zero-order chi connectivity index (χ0) is 20.5. The van der Waals surface area contributed by atoms with Crippen LogP contribution in [-0.4, -0.2) is 52.2 Å². The molecule has 1 aliphatic heterocycles. The number of rotatable bonds is 5. The average Bonchev–Trinajstić information content (AvgIpc) is 3.22. The summed E-state index contributed by atoms with van der Waals surface area (Å²) in [7, 11) is 3.48. The number of carbonyl (C=O) groups excluding carboxylic acids is 2. The van der Waals surface area contributed by atoms with Crippen LogP contribution in [0.1, 0.15) is 12.5 Å². The molecule has 0 fully saturated rings. The second-order valence-electron chi connectivity index (χ2n) is 7.49. The topological polar surface area (TPSA) is 58.4 Å². The Hall–Kier alpha value is -2.80. The summed E-state index contributed by atoms with van der Waals surface area (Å²) in [6.07, 6.45) is 0.867. The first-order valence-corrected chi connectivity index (χ1v) is 10.6. The molecule has 0 unspecified atom stereocenters. The quantitative estimate of drug-likeness (QED) is 0.609. The smallest absolute Gasteiger partial charge is 0.247 e. The molecule has 1 atom stereocenters. The largest absolute Gasteiger partial charge is 0.348 e. The Balaban J connectivity index is 1.64. The number of imidazole rings is 1. The van der Waals surface area contributed by atoms with Gasteiger partial charge in [0, 0.05) is 25.8 Å². The molecule has 3 aromatic rings. The number of anilines is 1. The summed E-state index contributed by atoms with van der Waals surface area (Å²) in [4.78, 5) is 33.5. The number of hydrogen-bond donors (Lipinski definition) is 0. The van der Waals surface area contributed by atoms with Gasteiger partial charge in [-0.25, -0.2) is 4.98 Å². The van der Waals surface area contributed by atoms with Crippen LogP contribution in [0, 0.1) is 0 Å². The number of hydrogen-bond acceptors (Lipinski definition) is 4. The van der Waals surface area contributed by atoms with Crippen LogP contribution in [0.15, 0.2) is 53.7 Å². The first-order chi connectivity index (χ1) is 14.0. The third-order valence-corrected chi connectivity index (χ3v) is 6.17. The van der Waals surface area contributed by atoms with Crippen molar-refractivity contribution in [3.05, 3.63) is 54.1 Å². The van der Waals surface area contributed by atoms with E-state index in [1.54, 1.807) is 19.0 Å². The maximum absolute atomic E-state index is 13.3. The summed E-state index contributed by atoms with van der Waals surface area (Å²) in [5.74, 6) is 0.335. The predicted molar refractivity (Wildman–Crippen MR) is 116 cm³/mol. The number of aromatic nitrogens is 2. The first kappa shape index (κ1) is 19.5. The minimum absolute atomic E-state index is 0.0158. The minimum Gasteiger partial charge on any atom is -0.348 e. The van der Waals surface area contributed by atoms with Gasteiger partial charge in [-0.1, -0.05) is 42.1 Å². The van der Waals surface area contributed by atoms with Gasteiger partial charge < -0.3 is 14.4 Å². The highest BCUT2D eigenvalue weighted by Gasteiger charge is 2.31. The molecule has 0 saturated carbocycles. The SMILES string of the molecule is C[C@@H]1Cc2ccccc2N1C(=O)Cn1c(SCC(=O)N(C)C)nc2ccccc21. The molecule has 2 heterocycles. The molecule has 29 heavy (non-hydrogen) atoms. The molecule has 0 radical (unpaired) electrons. The Morgan fingerprint density at radius 1 is 1.14 bits per heavy atom. The van der Waals surface area contributed by atoms with Crippen LogP contribution in [0.5, 0.6) is 0 Å². The van der Waals surface area contributed by atoms with Crippen LogP contribution >= 0.6 is 11.8 Å². The Labute approximate surface area is 174 Å². The van der Waals surface area contributed by atoms with E-state index >= 15 is 0 Å². The van der Waals surface area contributed by atoms with Gasteiger partial charge in [-0.2, -0.15) is 0 Å². The highest BCUT2D eigenvalue weighted by atomic mass is 32.2. The molecule has 1 aromatic heterocycles. The van der Waals surface area contributed by atoms with Gasteiger partial charge in [0.15, 0.2) is 5.16 Å². The van der Waals surface area contributed by atoms with Crippen molar-refractivity contribution in [1.82, 2.24) is 14.5 Å². The van der Waals surface area contributed by atoms with E-state index in [9.17, 15) is 9.59 Å². The zero-order valence-electron chi connectivity index (χ0n) is 16.8. The number of thioether (sulfide) groups is 1. The molecular weight excluding hydrogens is 384 g/mol. The number of nitrogens with zero attached hydrogens (tertiary/aromatic N) is 4. The van der Waals surface area contributed by atoms with Gasteiger partial charge in [-0.15, -0.1) is 0 Å². The van der Waals surface area contributed by atoms with E-state index in [-0.39, 0.29) is 30.2 Å². The van der Waals surface area contributed by atoms with Crippen molar-refractivity contribution in [2.45, 2.75) is 31.1 Å². The van der Waals surface area contributed by atoms with Crippen LogP contribution in [-0.2, 0) is 22.6 Å². The maximum Gasteiger partial charge on any atom is 0.247 e. The Morgan fingerprint density at radius 2 is 1.86 bits per heavy atom. The van der Waals surface area contributed by atoms with Crippen LogP contribution in [0.4, 0.5) is 5.69 Å². The second kappa shape index (κ2) is 7.91. The third kappa shape index (κ3) is 3.74. The van der Waals surface area contributed by atoms with Gasteiger partial charge in [0.25, 0.3) is 0 Å². The van der Waals surface area contributed by atoms with Gasteiger partial charge in [0.1, 0.15) is 6.54 Å². The molecule has 1 aliphatic rings. The lowest BCUT2D eigenvalue weighted by Crippen LogP contribution is -2.38. The predicted octanol–water partition coefficient (Wildman–Crippen LogP) is 3.19. The Morgan fingerprint density at radius 3 is 2.66 bits per heavy atom. The molecule has 7 heteroatoms.